The number of guanidine groups is 1. The second-order valence-corrected chi connectivity index (χ2v) is 12.7. The molecule has 2 bridgehead atoms. The Kier molecular flexibility index (Phi) is 7.08. The van der Waals surface area contributed by atoms with Crippen molar-refractivity contribution in [3.8, 4) is 0 Å². The topological polar surface area (TPSA) is 91.6 Å². The summed E-state index contributed by atoms with van der Waals surface area (Å²) in [7, 11) is 0. The highest BCUT2D eigenvalue weighted by Gasteiger charge is 2.56. The van der Waals surface area contributed by atoms with Crippen LogP contribution in [0, 0.1) is 35.9 Å². The van der Waals surface area contributed by atoms with Crippen molar-refractivity contribution in [1.82, 2.24) is 19.8 Å². The van der Waals surface area contributed by atoms with Crippen molar-refractivity contribution in [1.29, 1.82) is 0 Å². The Morgan fingerprint density at radius 3 is 2.76 bits per heavy atom. The molecule has 4 fully saturated rings. The highest BCUT2D eigenvalue weighted by atomic mass is 19.1. The lowest BCUT2D eigenvalue weighted by Gasteiger charge is -2.61. The monoisotopic (exact) mass is 558 g/mol. The van der Waals surface area contributed by atoms with Gasteiger partial charge < -0.3 is 15.5 Å². The molecule has 1 aromatic heterocycles. The van der Waals surface area contributed by atoms with Crippen molar-refractivity contribution in [2.24, 2.45) is 28.2 Å². The zero-order valence-electron chi connectivity index (χ0n) is 24.3. The van der Waals surface area contributed by atoms with Crippen LogP contribution in [0.15, 0.2) is 52.5 Å². The molecule has 216 valence electrons. The lowest BCUT2D eigenvalue weighted by atomic mass is 9.45. The van der Waals surface area contributed by atoms with Crippen molar-refractivity contribution >= 4 is 28.5 Å². The van der Waals surface area contributed by atoms with Gasteiger partial charge in [0.15, 0.2) is 5.96 Å². The van der Waals surface area contributed by atoms with E-state index in [9.17, 15) is 14.0 Å². The number of carbonyl (C=O) groups excluding carboxylic acids is 1. The minimum absolute atomic E-state index is 0.0160. The zero-order valence-corrected chi connectivity index (χ0v) is 24.3. The minimum atomic E-state index is -0.255. The largest absolute Gasteiger partial charge is 0.353 e. The quantitative estimate of drug-likeness (QED) is 0.359. The van der Waals surface area contributed by atoms with Gasteiger partial charge in [-0.25, -0.2) is 14.4 Å². The molecule has 4 aliphatic rings. The lowest BCUT2D eigenvalue weighted by Crippen LogP contribution is -2.57. The molecule has 9 heteroatoms. The first-order valence-electron chi connectivity index (χ1n) is 14.7. The maximum absolute atomic E-state index is 14.3. The van der Waals surface area contributed by atoms with Crippen LogP contribution in [-0.2, 0) is 17.8 Å². The molecule has 2 aromatic carbocycles. The number of nitrogens with zero attached hydrogens (tertiary/aromatic N) is 4. The van der Waals surface area contributed by atoms with Gasteiger partial charge in [-0.05, 0) is 84.7 Å². The molecule has 3 aromatic rings. The number of aromatic nitrogens is 2. The number of benzene rings is 2. The number of fused-ring (bicyclic) bond motifs is 3. The van der Waals surface area contributed by atoms with E-state index in [1.807, 2.05) is 30.0 Å². The number of anilines is 1. The fourth-order valence-electron chi connectivity index (χ4n) is 7.08. The summed E-state index contributed by atoms with van der Waals surface area (Å²) in [4.78, 5) is 37.3. The van der Waals surface area contributed by atoms with Gasteiger partial charge in [0, 0.05) is 25.3 Å². The van der Waals surface area contributed by atoms with Crippen LogP contribution in [0.4, 0.5) is 10.1 Å². The lowest BCUT2D eigenvalue weighted by molar-refractivity contribution is -0.122. The molecule has 0 radical (unpaired) electrons. The summed E-state index contributed by atoms with van der Waals surface area (Å²) >= 11 is 0. The second kappa shape index (κ2) is 10.6. The highest BCUT2D eigenvalue weighted by molar-refractivity contribution is 5.98. The number of piperazine rings is 1. The van der Waals surface area contributed by atoms with Crippen LogP contribution in [0.5, 0.6) is 0 Å². The van der Waals surface area contributed by atoms with E-state index in [1.165, 1.54) is 23.4 Å². The van der Waals surface area contributed by atoms with E-state index in [4.69, 9.17) is 4.99 Å². The standard InChI is InChI=1S/C32H39FN6O2/c1-19-5-6-21(26(33)13-19)9-11-39-18-35-28-16-23(7-8-24(28)30(39)41)36-31(38-12-10-34-29(40)17-38)37-27-15-22-14-25(20(27)2)32(22,3)4/h5-8,13,16,18,20,22,25,27H,9-12,14-15,17H2,1-4H3,(H,34,40)(H,36,37)/t20?,22?,25-,27+/m1/s1. The van der Waals surface area contributed by atoms with Gasteiger partial charge in [-0.2, -0.15) is 0 Å². The number of amides is 1. The van der Waals surface area contributed by atoms with Gasteiger partial charge in [0.2, 0.25) is 5.91 Å². The van der Waals surface area contributed by atoms with E-state index < -0.39 is 0 Å². The average Bonchev–Trinajstić information content (AvgIpc) is 2.94. The van der Waals surface area contributed by atoms with Crippen molar-refractivity contribution < 1.29 is 9.18 Å². The van der Waals surface area contributed by atoms with E-state index >= 15 is 0 Å². The third-order valence-electron chi connectivity index (χ3n) is 9.85. The third kappa shape index (κ3) is 5.22. The summed E-state index contributed by atoms with van der Waals surface area (Å²) in [6, 6.07) is 10.8. The maximum atomic E-state index is 14.3. The number of nitrogens with one attached hydrogen (secondary N) is 2. The van der Waals surface area contributed by atoms with Crippen LogP contribution in [0.3, 0.4) is 0 Å². The molecule has 41 heavy (non-hydrogen) atoms. The van der Waals surface area contributed by atoms with Gasteiger partial charge >= 0.3 is 0 Å². The van der Waals surface area contributed by atoms with Crippen LogP contribution in [0.1, 0.15) is 44.7 Å². The summed E-state index contributed by atoms with van der Waals surface area (Å²) in [5.74, 6) is 2.24. The van der Waals surface area contributed by atoms with Crippen molar-refractivity contribution in [3.05, 3.63) is 70.0 Å². The SMILES string of the molecule is Cc1ccc(CCn2cnc3cc(N/C(=N/[C@H]4CC5C[C@H](C4C)C5(C)C)N4CCNC(=O)C4)ccc3c2=O)c(F)c1. The molecular weight excluding hydrogens is 519 g/mol. The number of hydrogen-bond donors (Lipinski definition) is 2. The van der Waals surface area contributed by atoms with Gasteiger partial charge in [-0.15, -0.1) is 0 Å². The molecule has 2 unspecified atom stereocenters. The average molecular weight is 559 g/mol. The Bertz CT molecular complexity index is 1580. The van der Waals surface area contributed by atoms with E-state index in [-0.39, 0.29) is 29.9 Å². The molecule has 1 amide bonds. The normalized spacial score (nSPS) is 25.5. The zero-order chi connectivity index (χ0) is 28.9. The van der Waals surface area contributed by atoms with Crippen molar-refractivity contribution in [2.45, 2.75) is 59.5 Å². The fraction of sp³-hybridized carbons (Fsp3) is 0.500. The fourth-order valence-corrected chi connectivity index (χ4v) is 7.08. The number of aryl methyl sites for hydroxylation is 3. The molecule has 4 atom stereocenters. The molecule has 1 aliphatic heterocycles. The third-order valence-corrected chi connectivity index (χ3v) is 9.85. The first-order chi connectivity index (χ1) is 19.6. The van der Waals surface area contributed by atoms with Crippen LogP contribution in [0.2, 0.25) is 0 Å². The molecular formula is C32H39FN6O2. The van der Waals surface area contributed by atoms with Gasteiger partial charge in [-0.1, -0.05) is 32.9 Å². The Balaban J connectivity index is 1.24. The molecule has 2 heterocycles. The van der Waals surface area contributed by atoms with Gasteiger partial charge in [-0.3, -0.25) is 14.2 Å². The van der Waals surface area contributed by atoms with Crippen LogP contribution < -0.4 is 16.2 Å². The predicted octanol–water partition coefficient (Wildman–Crippen LogP) is 4.36. The van der Waals surface area contributed by atoms with Crippen molar-refractivity contribution in [2.75, 3.05) is 25.0 Å². The number of halogens is 1. The Morgan fingerprint density at radius 1 is 1.20 bits per heavy atom. The summed E-state index contributed by atoms with van der Waals surface area (Å²) in [5.41, 5.74) is 2.99. The Labute approximate surface area is 240 Å². The van der Waals surface area contributed by atoms with Gasteiger partial charge in [0.1, 0.15) is 5.82 Å². The molecule has 3 aliphatic carbocycles. The van der Waals surface area contributed by atoms with Crippen LogP contribution in [-0.4, -0.2) is 52.0 Å². The van der Waals surface area contributed by atoms with E-state index in [0.29, 0.717) is 71.6 Å². The molecule has 7 rings (SSSR count). The molecule has 3 saturated carbocycles. The highest BCUT2D eigenvalue weighted by Crippen LogP contribution is 2.61. The Hall–Kier alpha value is -3.75. The first-order valence-corrected chi connectivity index (χ1v) is 14.7. The predicted molar refractivity (Wildman–Crippen MR) is 159 cm³/mol. The van der Waals surface area contributed by atoms with Crippen LogP contribution >= 0.6 is 0 Å². The number of rotatable bonds is 5. The summed E-state index contributed by atoms with van der Waals surface area (Å²) in [6.45, 7) is 10.8. The smallest absolute Gasteiger partial charge is 0.261 e. The minimum Gasteiger partial charge on any atom is -0.353 e. The summed E-state index contributed by atoms with van der Waals surface area (Å²) < 4.78 is 15.8. The Morgan fingerprint density at radius 2 is 2.02 bits per heavy atom. The van der Waals surface area contributed by atoms with Gasteiger partial charge in [0.25, 0.3) is 5.56 Å². The van der Waals surface area contributed by atoms with E-state index in [0.717, 1.165) is 17.7 Å². The number of hydrogen-bond acceptors (Lipinski definition) is 4. The number of carbonyl (C=O) groups is 1. The second-order valence-electron chi connectivity index (χ2n) is 12.7. The molecule has 0 spiro atoms. The van der Waals surface area contributed by atoms with Crippen LogP contribution in [0.25, 0.3) is 10.9 Å². The molecule has 8 nitrogen and oxygen atoms in total. The number of aliphatic imine (C=N–C) groups is 1. The van der Waals surface area contributed by atoms with Crippen molar-refractivity contribution in [3.63, 3.8) is 0 Å². The van der Waals surface area contributed by atoms with E-state index in [2.05, 4.69) is 36.4 Å². The summed E-state index contributed by atoms with van der Waals surface area (Å²) in [6.07, 6.45) is 4.27. The van der Waals surface area contributed by atoms with E-state index in [1.54, 1.807) is 12.1 Å². The molecule has 2 N–H and O–H groups in total. The maximum Gasteiger partial charge on any atom is 0.261 e. The summed E-state index contributed by atoms with van der Waals surface area (Å²) in [5, 5.41) is 6.88. The van der Waals surface area contributed by atoms with Gasteiger partial charge in [0.05, 0.1) is 29.8 Å². The first kappa shape index (κ1) is 27.4. The molecule has 1 saturated heterocycles.